The van der Waals surface area contributed by atoms with E-state index in [1.807, 2.05) is 29.6 Å². The number of thioether (sulfide) groups is 1. The van der Waals surface area contributed by atoms with Crippen molar-refractivity contribution in [2.24, 2.45) is 0 Å². The van der Waals surface area contributed by atoms with E-state index >= 15 is 0 Å². The van der Waals surface area contributed by atoms with Gasteiger partial charge in [0.05, 0.1) is 23.8 Å². The fourth-order valence-electron chi connectivity index (χ4n) is 4.17. The number of thiophene rings is 1. The lowest BCUT2D eigenvalue weighted by Gasteiger charge is -2.35. The Morgan fingerprint density at radius 1 is 1.18 bits per heavy atom. The van der Waals surface area contributed by atoms with E-state index in [0.717, 1.165) is 41.2 Å². The molecule has 0 saturated carbocycles. The van der Waals surface area contributed by atoms with Crippen LogP contribution >= 0.6 is 23.1 Å². The van der Waals surface area contributed by atoms with Crippen LogP contribution in [0.1, 0.15) is 37.8 Å². The fraction of sp³-hybridized carbons (Fsp3) is 0.458. The minimum atomic E-state index is 0.0128. The molecule has 33 heavy (non-hydrogen) atoms. The van der Waals surface area contributed by atoms with E-state index in [-0.39, 0.29) is 11.9 Å². The van der Waals surface area contributed by atoms with E-state index in [9.17, 15) is 4.79 Å². The quantitative estimate of drug-likeness (QED) is 0.427. The number of hydrogen-bond donors (Lipinski definition) is 1. The summed E-state index contributed by atoms with van der Waals surface area (Å²) < 4.78 is 7.38. The molecule has 1 fully saturated rings. The third-order valence-electron chi connectivity index (χ3n) is 5.93. The van der Waals surface area contributed by atoms with Crippen LogP contribution in [0, 0.1) is 0 Å². The molecular weight excluding hydrogens is 454 g/mol. The van der Waals surface area contributed by atoms with E-state index in [0.29, 0.717) is 12.3 Å². The second-order valence-electron chi connectivity index (χ2n) is 8.01. The van der Waals surface area contributed by atoms with Gasteiger partial charge in [0.1, 0.15) is 5.75 Å². The predicted octanol–water partition coefficient (Wildman–Crippen LogP) is 4.47. The van der Waals surface area contributed by atoms with Crippen LogP contribution < -0.4 is 10.1 Å². The Bertz CT molecular complexity index is 1010. The molecule has 9 heteroatoms. The van der Waals surface area contributed by atoms with Gasteiger partial charge in [0.25, 0.3) is 0 Å². The Morgan fingerprint density at radius 3 is 2.64 bits per heavy atom. The molecule has 1 amide bonds. The summed E-state index contributed by atoms with van der Waals surface area (Å²) in [6.07, 6.45) is 3.69. The van der Waals surface area contributed by atoms with Crippen LogP contribution in [-0.2, 0) is 11.3 Å². The number of rotatable bonds is 10. The first-order chi connectivity index (χ1) is 16.2. The molecule has 4 rings (SSSR count). The van der Waals surface area contributed by atoms with Crippen molar-refractivity contribution in [1.82, 2.24) is 25.0 Å². The Balaban J connectivity index is 1.37. The highest BCUT2D eigenvalue weighted by Gasteiger charge is 2.23. The van der Waals surface area contributed by atoms with Crippen LogP contribution in [0.3, 0.4) is 0 Å². The number of hydrogen-bond acceptors (Lipinski definition) is 7. The third kappa shape index (κ3) is 5.96. The maximum atomic E-state index is 12.7. The summed E-state index contributed by atoms with van der Waals surface area (Å²) >= 11 is 3.08. The van der Waals surface area contributed by atoms with Crippen molar-refractivity contribution in [3.63, 3.8) is 0 Å². The fourth-order valence-corrected chi connectivity index (χ4v) is 5.72. The number of methoxy groups -OCH3 is 1. The Labute approximate surface area is 203 Å². The summed E-state index contributed by atoms with van der Waals surface area (Å²) in [7, 11) is 1.68. The summed E-state index contributed by atoms with van der Waals surface area (Å²) in [5, 5.41) is 14.7. The van der Waals surface area contributed by atoms with E-state index in [4.69, 9.17) is 4.74 Å². The van der Waals surface area contributed by atoms with Gasteiger partial charge in [-0.1, -0.05) is 36.4 Å². The zero-order valence-electron chi connectivity index (χ0n) is 19.2. The Hall–Kier alpha value is -2.36. The van der Waals surface area contributed by atoms with Crippen molar-refractivity contribution in [1.29, 1.82) is 0 Å². The topological polar surface area (TPSA) is 72.3 Å². The molecule has 1 aromatic carbocycles. The SMILES string of the molecule is CCn1c(SCC(=O)NCC(c2ccc(OC)cc2)N2CCCCC2)nnc1-c1cccs1. The monoisotopic (exact) mass is 485 g/mol. The number of piperidine rings is 1. The van der Waals surface area contributed by atoms with Crippen molar-refractivity contribution in [2.75, 3.05) is 32.5 Å². The molecular formula is C24H31N5O2S2. The van der Waals surface area contributed by atoms with E-state index in [1.165, 1.54) is 36.6 Å². The van der Waals surface area contributed by atoms with Crippen molar-refractivity contribution >= 4 is 29.0 Å². The first-order valence-electron chi connectivity index (χ1n) is 11.4. The summed E-state index contributed by atoms with van der Waals surface area (Å²) in [4.78, 5) is 16.3. The van der Waals surface area contributed by atoms with Gasteiger partial charge in [-0.3, -0.25) is 9.69 Å². The number of nitrogens with one attached hydrogen (secondary N) is 1. The Morgan fingerprint density at radius 2 is 1.97 bits per heavy atom. The Kier molecular flexibility index (Phi) is 8.41. The van der Waals surface area contributed by atoms with Crippen LogP contribution in [0.2, 0.25) is 0 Å². The van der Waals surface area contributed by atoms with Gasteiger partial charge in [-0.25, -0.2) is 0 Å². The van der Waals surface area contributed by atoms with Crippen LogP contribution in [0.15, 0.2) is 46.9 Å². The van der Waals surface area contributed by atoms with Gasteiger partial charge < -0.3 is 14.6 Å². The second kappa shape index (κ2) is 11.7. The van der Waals surface area contributed by atoms with E-state index in [2.05, 4.69) is 44.0 Å². The smallest absolute Gasteiger partial charge is 0.230 e. The molecule has 1 aliphatic heterocycles. The average Bonchev–Trinajstić information content (AvgIpc) is 3.53. The lowest BCUT2D eigenvalue weighted by atomic mass is 10.0. The molecule has 3 heterocycles. The van der Waals surface area contributed by atoms with Crippen molar-refractivity contribution in [3.05, 3.63) is 47.3 Å². The number of ether oxygens (including phenoxy) is 1. The van der Waals surface area contributed by atoms with Crippen molar-refractivity contribution < 1.29 is 9.53 Å². The van der Waals surface area contributed by atoms with Gasteiger partial charge in [-0.05, 0) is 62.0 Å². The molecule has 0 radical (unpaired) electrons. The number of benzene rings is 1. The molecule has 0 spiro atoms. The zero-order chi connectivity index (χ0) is 23.0. The van der Waals surface area contributed by atoms with Crippen LogP contribution in [0.25, 0.3) is 10.7 Å². The highest BCUT2D eigenvalue weighted by Crippen LogP contribution is 2.28. The second-order valence-corrected chi connectivity index (χ2v) is 9.90. The van der Waals surface area contributed by atoms with Crippen LogP contribution in [0.5, 0.6) is 5.75 Å². The number of nitrogens with zero attached hydrogens (tertiary/aromatic N) is 4. The summed E-state index contributed by atoms with van der Waals surface area (Å²) in [6.45, 7) is 5.55. The maximum absolute atomic E-state index is 12.7. The van der Waals surface area contributed by atoms with Gasteiger partial charge in [-0.2, -0.15) is 0 Å². The third-order valence-corrected chi connectivity index (χ3v) is 7.76. The molecule has 1 aliphatic rings. The van der Waals surface area contributed by atoms with Crippen molar-refractivity contribution in [2.45, 2.75) is 43.9 Å². The molecule has 7 nitrogen and oxygen atoms in total. The summed E-state index contributed by atoms with van der Waals surface area (Å²) in [6, 6.07) is 12.4. The molecule has 3 aromatic rings. The van der Waals surface area contributed by atoms with Gasteiger partial charge in [0.15, 0.2) is 11.0 Å². The maximum Gasteiger partial charge on any atom is 0.230 e. The highest BCUT2D eigenvalue weighted by molar-refractivity contribution is 7.99. The number of carbonyl (C=O) groups excluding carboxylic acids is 1. The molecule has 1 unspecified atom stereocenters. The molecule has 1 N–H and O–H groups in total. The normalized spacial score (nSPS) is 15.3. The minimum Gasteiger partial charge on any atom is -0.497 e. The highest BCUT2D eigenvalue weighted by atomic mass is 32.2. The van der Waals surface area contributed by atoms with E-state index in [1.54, 1.807) is 18.4 Å². The van der Waals surface area contributed by atoms with Crippen molar-refractivity contribution in [3.8, 4) is 16.5 Å². The van der Waals surface area contributed by atoms with E-state index < -0.39 is 0 Å². The minimum absolute atomic E-state index is 0.0128. The van der Waals surface area contributed by atoms with Gasteiger partial charge in [0, 0.05) is 13.1 Å². The molecule has 0 aliphatic carbocycles. The zero-order valence-corrected chi connectivity index (χ0v) is 20.8. The van der Waals surface area contributed by atoms with Crippen LogP contribution in [-0.4, -0.2) is 58.1 Å². The first kappa shape index (κ1) is 23.8. The lowest BCUT2D eigenvalue weighted by Crippen LogP contribution is -2.41. The molecule has 176 valence electrons. The number of aromatic nitrogens is 3. The lowest BCUT2D eigenvalue weighted by molar-refractivity contribution is -0.118. The molecule has 1 saturated heterocycles. The molecule has 1 atom stereocenters. The summed E-state index contributed by atoms with van der Waals surface area (Å²) in [5.74, 6) is 2.04. The number of amides is 1. The summed E-state index contributed by atoms with van der Waals surface area (Å²) in [5.41, 5.74) is 1.21. The standard InChI is InChI=1S/C24H31N5O2S2/c1-3-29-23(21-8-7-15-32-21)26-27-24(29)33-17-22(30)25-16-20(28-13-5-4-6-14-28)18-9-11-19(31-2)12-10-18/h7-12,15,20H,3-6,13-14,16-17H2,1-2H3,(H,25,30). The largest absolute Gasteiger partial charge is 0.497 e. The number of carbonyl (C=O) groups is 1. The van der Waals surface area contributed by atoms with Crippen LogP contribution in [0.4, 0.5) is 0 Å². The van der Waals surface area contributed by atoms with Gasteiger partial charge in [-0.15, -0.1) is 21.5 Å². The van der Waals surface area contributed by atoms with Gasteiger partial charge in [0.2, 0.25) is 5.91 Å². The predicted molar refractivity (Wildman–Crippen MR) is 134 cm³/mol. The number of likely N-dealkylation sites (tertiary alicyclic amines) is 1. The first-order valence-corrected chi connectivity index (χ1v) is 13.3. The molecule has 0 bridgehead atoms. The molecule has 2 aromatic heterocycles. The van der Waals surface area contributed by atoms with Gasteiger partial charge >= 0.3 is 0 Å². The average molecular weight is 486 g/mol.